The molecule has 51 heavy (non-hydrogen) atoms. The Kier molecular flexibility index (Phi) is 9.57. The van der Waals surface area contributed by atoms with Gasteiger partial charge in [-0.05, 0) is 54.7 Å². The molecular weight excluding hydrogens is 722 g/mol. The van der Waals surface area contributed by atoms with E-state index >= 15 is 0 Å². The monoisotopic (exact) mass is 752 g/mol. The zero-order chi connectivity index (χ0) is 36.7. The molecule has 0 unspecified atom stereocenters. The summed E-state index contributed by atoms with van der Waals surface area (Å²) in [6.07, 6.45) is 1.48. The zero-order valence-electron chi connectivity index (χ0n) is 28.0. The highest BCUT2D eigenvalue weighted by molar-refractivity contribution is 7.93. The van der Waals surface area contributed by atoms with E-state index in [0.29, 0.717) is 34.4 Å². The molecule has 0 aliphatic heterocycles. The molecule has 0 bridgehead atoms. The number of halogens is 3. The minimum atomic E-state index is -5.93. The number of azo groups is 1. The van der Waals surface area contributed by atoms with Gasteiger partial charge >= 0.3 is 15.5 Å². The van der Waals surface area contributed by atoms with E-state index in [0.717, 1.165) is 21.3 Å². The molecule has 6 rings (SSSR count). The lowest BCUT2D eigenvalue weighted by Gasteiger charge is -2.23. The van der Waals surface area contributed by atoms with Gasteiger partial charge in [-0.15, -0.1) is 10.2 Å². The first kappa shape index (κ1) is 35.8. The quantitative estimate of drug-likeness (QED) is 0.109. The molecule has 0 saturated heterocycles. The number of hydrogen-bond donors (Lipinski definition) is 1. The number of para-hydroxylation sites is 2. The van der Waals surface area contributed by atoms with Crippen LogP contribution < -0.4 is 9.62 Å². The lowest BCUT2D eigenvalue weighted by atomic mass is 9.91. The number of unbranched alkanes of at least 4 members (excludes halogenated alkanes) is 1. The van der Waals surface area contributed by atoms with Gasteiger partial charge in [0.1, 0.15) is 11.5 Å². The first-order chi connectivity index (χ1) is 24.1. The standard InChI is InChI=1S/C33H31F3N10O2S3/c1-7-8-17-45(30-38-20-13-9-11-15-22(20)49-30)24-18-19(2)25(28(40-24)44-51(47,48)33(34,35)36)41-42-29-26(37-6)27(32(3,4)5)43-46(29)31-39-21-14-10-12-16-23(21)50-31/h9-16,18H,7-8,17H2,1-5H3,(H,40,44). The van der Waals surface area contributed by atoms with E-state index in [1.165, 1.54) is 27.4 Å². The van der Waals surface area contributed by atoms with Crippen molar-refractivity contribution in [1.29, 1.82) is 0 Å². The Morgan fingerprint density at radius 2 is 1.63 bits per heavy atom. The summed E-state index contributed by atoms with van der Waals surface area (Å²) in [5.74, 6) is -0.559. The molecule has 0 atom stereocenters. The molecule has 6 aromatic rings. The molecule has 0 spiro atoms. The Labute approximate surface area is 299 Å². The van der Waals surface area contributed by atoms with Crippen molar-refractivity contribution in [3.05, 3.63) is 77.3 Å². The van der Waals surface area contributed by atoms with Crippen LogP contribution in [0.25, 0.3) is 30.4 Å². The van der Waals surface area contributed by atoms with E-state index in [-0.39, 0.29) is 28.6 Å². The third kappa shape index (κ3) is 7.14. The van der Waals surface area contributed by atoms with E-state index in [1.807, 2.05) is 76.2 Å². The summed E-state index contributed by atoms with van der Waals surface area (Å²) in [6.45, 7) is 17.6. The van der Waals surface area contributed by atoms with Crippen LogP contribution in [0.5, 0.6) is 0 Å². The number of aromatic nitrogens is 5. The Bertz CT molecular complexity index is 2370. The molecule has 18 heteroatoms. The molecule has 0 aliphatic rings. The molecule has 0 radical (unpaired) electrons. The summed E-state index contributed by atoms with van der Waals surface area (Å²) in [4.78, 5) is 19.2. The van der Waals surface area contributed by atoms with Crippen molar-refractivity contribution in [3.8, 4) is 5.13 Å². The molecule has 2 aromatic carbocycles. The topological polar surface area (TPSA) is 135 Å². The predicted octanol–water partition coefficient (Wildman–Crippen LogP) is 10.3. The minimum Gasteiger partial charge on any atom is -0.302 e. The molecule has 0 amide bonds. The number of nitrogens with zero attached hydrogens (tertiary/aromatic N) is 9. The van der Waals surface area contributed by atoms with Crippen LogP contribution in [-0.4, -0.2) is 45.2 Å². The molecule has 4 aromatic heterocycles. The highest BCUT2D eigenvalue weighted by Crippen LogP contribution is 2.44. The van der Waals surface area contributed by atoms with Gasteiger partial charge in [0.2, 0.25) is 5.13 Å². The Hall–Kier alpha value is -4.99. The van der Waals surface area contributed by atoms with Crippen molar-refractivity contribution in [2.24, 2.45) is 10.2 Å². The van der Waals surface area contributed by atoms with Crippen molar-refractivity contribution in [3.63, 3.8) is 0 Å². The number of fused-ring (bicyclic) bond motifs is 2. The lowest BCUT2D eigenvalue weighted by molar-refractivity contribution is -0.0429. The Morgan fingerprint density at radius 3 is 2.22 bits per heavy atom. The van der Waals surface area contributed by atoms with Crippen LogP contribution in [0.3, 0.4) is 0 Å². The Morgan fingerprint density at radius 1 is 0.980 bits per heavy atom. The molecule has 0 aliphatic carbocycles. The second-order valence-corrected chi connectivity index (χ2v) is 16.2. The summed E-state index contributed by atoms with van der Waals surface area (Å²) in [5, 5.41) is 14.2. The second kappa shape index (κ2) is 13.6. The number of benzene rings is 2. The first-order valence-corrected chi connectivity index (χ1v) is 18.8. The van der Waals surface area contributed by atoms with Crippen LogP contribution in [0, 0.1) is 13.5 Å². The maximum absolute atomic E-state index is 13.8. The van der Waals surface area contributed by atoms with Gasteiger partial charge in [0.05, 0.1) is 32.7 Å². The van der Waals surface area contributed by atoms with Gasteiger partial charge in [0.15, 0.2) is 16.8 Å². The number of nitrogens with one attached hydrogen (secondary N) is 1. The predicted molar refractivity (Wildman–Crippen MR) is 195 cm³/mol. The van der Waals surface area contributed by atoms with Crippen LogP contribution in [0.15, 0.2) is 64.8 Å². The maximum atomic E-state index is 13.8. The third-order valence-corrected chi connectivity index (χ3v) is 10.7. The molecule has 0 saturated carbocycles. The molecule has 4 heterocycles. The first-order valence-electron chi connectivity index (χ1n) is 15.6. The fourth-order valence-electron chi connectivity index (χ4n) is 5.05. The van der Waals surface area contributed by atoms with Crippen molar-refractivity contribution in [1.82, 2.24) is 24.7 Å². The number of sulfonamides is 1. The third-order valence-electron chi connectivity index (χ3n) is 7.60. The van der Waals surface area contributed by atoms with Crippen LogP contribution in [0.2, 0.25) is 0 Å². The van der Waals surface area contributed by atoms with Gasteiger partial charge in [0, 0.05) is 6.54 Å². The highest BCUT2D eigenvalue weighted by Gasteiger charge is 2.47. The molecular formula is C33H31F3N10O2S3. The number of anilines is 3. The summed E-state index contributed by atoms with van der Waals surface area (Å²) in [6, 6.07) is 16.5. The SMILES string of the molecule is [C-]#[N+]c1c(C(C)(C)C)nn(-c2nc3ccccc3s2)c1N=Nc1c(C)cc(N(CCCC)c2nc3ccccc3s2)nc1NS(=O)(=O)C(F)(F)F. The van der Waals surface area contributed by atoms with Crippen molar-refractivity contribution < 1.29 is 21.6 Å². The summed E-state index contributed by atoms with van der Waals surface area (Å²) >= 11 is 2.67. The molecule has 0 fully saturated rings. The van der Waals surface area contributed by atoms with E-state index in [2.05, 4.69) is 25.0 Å². The van der Waals surface area contributed by atoms with E-state index in [1.54, 1.807) is 22.6 Å². The molecule has 1 N–H and O–H groups in total. The summed E-state index contributed by atoms with van der Waals surface area (Å²) in [7, 11) is -5.93. The zero-order valence-corrected chi connectivity index (χ0v) is 30.5. The number of alkyl halides is 3. The van der Waals surface area contributed by atoms with Gasteiger partial charge in [-0.25, -0.2) is 19.8 Å². The average Bonchev–Trinajstić information content (AvgIpc) is 3.78. The van der Waals surface area contributed by atoms with Gasteiger partial charge in [0.25, 0.3) is 5.69 Å². The van der Waals surface area contributed by atoms with E-state index < -0.39 is 26.8 Å². The van der Waals surface area contributed by atoms with E-state index in [9.17, 15) is 21.6 Å². The maximum Gasteiger partial charge on any atom is 0.516 e. The van der Waals surface area contributed by atoms with Gasteiger partial charge in [-0.3, -0.25) is 4.72 Å². The van der Waals surface area contributed by atoms with Crippen molar-refractivity contribution in [2.75, 3.05) is 16.2 Å². The van der Waals surface area contributed by atoms with Crippen molar-refractivity contribution >= 4 is 87.1 Å². The van der Waals surface area contributed by atoms with Gasteiger partial charge in [-0.1, -0.05) is 81.1 Å². The molecule has 264 valence electrons. The van der Waals surface area contributed by atoms with Gasteiger partial charge < -0.3 is 4.90 Å². The highest BCUT2D eigenvalue weighted by atomic mass is 32.2. The largest absolute Gasteiger partial charge is 0.516 e. The van der Waals surface area contributed by atoms with Crippen LogP contribution in [-0.2, 0) is 15.4 Å². The van der Waals surface area contributed by atoms with Gasteiger partial charge in [-0.2, -0.15) is 31.4 Å². The lowest BCUT2D eigenvalue weighted by Crippen LogP contribution is -2.30. The fourth-order valence-corrected chi connectivity index (χ4v) is 7.48. The van der Waals surface area contributed by atoms with Crippen LogP contribution >= 0.6 is 22.7 Å². The number of hydrogen-bond acceptors (Lipinski definition) is 11. The summed E-state index contributed by atoms with van der Waals surface area (Å²) in [5.41, 5.74) is -4.39. The number of pyridine rings is 1. The van der Waals surface area contributed by atoms with E-state index in [4.69, 9.17) is 16.7 Å². The normalized spacial score (nSPS) is 12.6. The minimum absolute atomic E-state index is 0.0267. The number of rotatable bonds is 10. The number of thiazole rings is 2. The second-order valence-electron chi connectivity index (χ2n) is 12.5. The average molecular weight is 753 g/mol. The molecule has 12 nitrogen and oxygen atoms in total. The number of aryl methyl sites for hydroxylation is 1. The smallest absolute Gasteiger partial charge is 0.302 e. The fraction of sp³-hybridized carbons (Fsp3) is 0.303. The Balaban J connectivity index is 1.53. The van der Waals surface area contributed by atoms with Crippen molar-refractivity contribution in [2.45, 2.75) is 58.4 Å². The van der Waals surface area contributed by atoms with Crippen LogP contribution in [0.1, 0.15) is 51.8 Å². The van der Waals surface area contributed by atoms with Crippen LogP contribution in [0.4, 0.5) is 47.1 Å². The summed E-state index contributed by atoms with van der Waals surface area (Å²) < 4.78 is 71.0.